The Morgan fingerprint density at radius 3 is 2.41 bits per heavy atom. The Balaban J connectivity index is 1.47. The van der Waals surface area contributed by atoms with Crippen LogP contribution in [0, 0.1) is 0 Å². The van der Waals surface area contributed by atoms with Gasteiger partial charge in [-0.1, -0.05) is 42.8 Å². The fraction of sp³-hybridized carbons (Fsp3) is 0.200. The van der Waals surface area contributed by atoms with Gasteiger partial charge < -0.3 is 19.5 Å². The van der Waals surface area contributed by atoms with E-state index in [4.69, 9.17) is 25.8 Å². The molecule has 1 saturated heterocycles. The van der Waals surface area contributed by atoms with Crippen LogP contribution in [-0.4, -0.2) is 43.6 Å². The lowest BCUT2D eigenvalue weighted by atomic mass is 10.1. The van der Waals surface area contributed by atoms with E-state index in [1.165, 1.54) is 12.1 Å². The first-order valence-corrected chi connectivity index (χ1v) is 13.3. The summed E-state index contributed by atoms with van der Waals surface area (Å²) in [5.41, 5.74) is 0.963. The number of para-hydroxylation sites is 1. The average Bonchev–Trinajstić information content (AvgIpc) is 2.95. The van der Waals surface area contributed by atoms with Crippen molar-refractivity contribution >= 4 is 52.8 Å². The van der Waals surface area contributed by atoms with Gasteiger partial charge in [0, 0.05) is 6.07 Å². The third-order valence-electron chi connectivity index (χ3n) is 5.76. The summed E-state index contributed by atoms with van der Waals surface area (Å²) in [6.45, 7) is 4.35. The normalized spacial score (nSPS) is 14.1. The van der Waals surface area contributed by atoms with Crippen molar-refractivity contribution in [3.63, 3.8) is 0 Å². The highest BCUT2D eigenvalue weighted by molar-refractivity contribution is 6.39. The number of benzene rings is 3. The zero-order valence-electron chi connectivity index (χ0n) is 22.4. The molecule has 0 spiro atoms. The van der Waals surface area contributed by atoms with Crippen molar-refractivity contribution in [1.82, 2.24) is 5.32 Å². The molecule has 0 saturated carbocycles. The molecule has 0 bridgehead atoms. The van der Waals surface area contributed by atoms with Crippen LogP contribution in [0.3, 0.4) is 0 Å². The Labute approximate surface area is 241 Å². The van der Waals surface area contributed by atoms with Crippen molar-refractivity contribution < 1.29 is 33.4 Å². The molecule has 1 aliphatic heterocycles. The first-order valence-electron chi connectivity index (χ1n) is 12.9. The Kier molecular flexibility index (Phi) is 9.60. The van der Waals surface area contributed by atoms with Crippen LogP contribution in [0.5, 0.6) is 17.2 Å². The zero-order valence-corrected chi connectivity index (χ0v) is 23.2. The summed E-state index contributed by atoms with van der Waals surface area (Å²) in [5.74, 6) is -0.751. The Bertz CT molecular complexity index is 1490. The first-order chi connectivity index (χ1) is 19.8. The van der Waals surface area contributed by atoms with Gasteiger partial charge in [-0.15, -0.1) is 0 Å². The molecule has 0 atom stereocenters. The number of ether oxygens (including phenoxy) is 3. The number of barbiturate groups is 1. The predicted octanol–water partition coefficient (Wildman–Crippen LogP) is 5.21. The molecule has 5 amide bonds. The standard InChI is InChI=1S/C30H28ClN3O7/c1-3-15-40-25-14-11-20(17-26(25)39-4-2)34-29(37)22(28(36)33-30(34)38)16-19-9-12-21(13-10-19)41-18-27(35)32-24-8-6-5-7-23(24)31/h5-14,16-17H,3-4,15,18H2,1-2H3,(H,32,35)(H,33,36,38)/b22-16+. The fourth-order valence-electron chi connectivity index (χ4n) is 3.85. The van der Waals surface area contributed by atoms with Crippen LogP contribution in [0.1, 0.15) is 25.8 Å². The van der Waals surface area contributed by atoms with E-state index in [0.717, 1.165) is 11.3 Å². The van der Waals surface area contributed by atoms with Crippen molar-refractivity contribution in [2.24, 2.45) is 0 Å². The Morgan fingerprint density at radius 2 is 1.71 bits per heavy atom. The number of amides is 5. The number of carbonyl (C=O) groups excluding carboxylic acids is 4. The van der Waals surface area contributed by atoms with Crippen molar-refractivity contribution in [3.05, 3.63) is 82.9 Å². The number of nitrogens with one attached hydrogen (secondary N) is 2. The van der Waals surface area contributed by atoms with Crippen molar-refractivity contribution in [3.8, 4) is 17.2 Å². The first kappa shape index (κ1) is 29.2. The summed E-state index contributed by atoms with van der Waals surface area (Å²) in [4.78, 5) is 51.6. The number of anilines is 2. The van der Waals surface area contributed by atoms with Crippen LogP contribution in [0.2, 0.25) is 5.02 Å². The van der Waals surface area contributed by atoms with Crippen LogP contribution in [0.4, 0.5) is 16.2 Å². The minimum Gasteiger partial charge on any atom is -0.490 e. The maximum absolute atomic E-state index is 13.3. The molecule has 1 aliphatic rings. The molecule has 4 rings (SSSR count). The smallest absolute Gasteiger partial charge is 0.335 e. The van der Waals surface area contributed by atoms with Gasteiger partial charge in [-0.05, 0) is 61.4 Å². The van der Waals surface area contributed by atoms with E-state index in [1.807, 2.05) is 6.92 Å². The predicted molar refractivity (Wildman–Crippen MR) is 154 cm³/mol. The molecule has 41 heavy (non-hydrogen) atoms. The second-order valence-corrected chi connectivity index (χ2v) is 9.16. The number of urea groups is 1. The molecule has 10 nitrogen and oxygen atoms in total. The summed E-state index contributed by atoms with van der Waals surface area (Å²) in [7, 11) is 0. The number of hydrogen-bond acceptors (Lipinski definition) is 7. The van der Waals surface area contributed by atoms with Gasteiger partial charge in [0.1, 0.15) is 11.3 Å². The minimum atomic E-state index is -0.874. The van der Waals surface area contributed by atoms with E-state index in [2.05, 4.69) is 10.6 Å². The molecule has 3 aromatic rings. The molecule has 0 radical (unpaired) electrons. The van der Waals surface area contributed by atoms with Crippen LogP contribution >= 0.6 is 11.6 Å². The SMILES string of the molecule is CCCOc1ccc(N2C(=O)NC(=O)/C(=C\c3ccc(OCC(=O)Nc4ccccc4Cl)cc3)C2=O)cc1OCC. The largest absolute Gasteiger partial charge is 0.490 e. The third kappa shape index (κ3) is 7.23. The summed E-state index contributed by atoms with van der Waals surface area (Å²) in [6, 6.07) is 17.1. The lowest BCUT2D eigenvalue weighted by molar-refractivity contribution is -0.122. The lowest BCUT2D eigenvalue weighted by Gasteiger charge is -2.27. The van der Waals surface area contributed by atoms with Crippen molar-refractivity contribution in [1.29, 1.82) is 0 Å². The van der Waals surface area contributed by atoms with E-state index >= 15 is 0 Å². The maximum atomic E-state index is 13.3. The molecular formula is C30H28ClN3O7. The van der Waals surface area contributed by atoms with E-state index in [0.29, 0.717) is 46.7 Å². The molecule has 0 aromatic heterocycles. The van der Waals surface area contributed by atoms with E-state index in [1.54, 1.807) is 67.6 Å². The second-order valence-electron chi connectivity index (χ2n) is 8.76. The Hall–Kier alpha value is -4.83. The molecule has 11 heteroatoms. The number of carbonyl (C=O) groups is 4. The molecule has 1 fully saturated rings. The van der Waals surface area contributed by atoms with Gasteiger partial charge in [0.2, 0.25) is 0 Å². The number of nitrogens with zero attached hydrogens (tertiary/aromatic N) is 1. The topological polar surface area (TPSA) is 123 Å². The summed E-state index contributed by atoms with van der Waals surface area (Å²) in [5, 5.41) is 5.28. The average molecular weight is 578 g/mol. The van der Waals surface area contributed by atoms with Crippen LogP contribution in [-0.2, 0) is 14.4 Å². The highest BCUT2D eigenvalue weighted by Gasteiger charge is 2.37. The maximum Gasteiger partial charge on any atom is 0.335 e. The van der Waals surface area contributed by atoms with E-state index in [-0.39, 0.29) is 17.9 Å². The summed E-state index contributed by atoms with van der Waals surface area (Å²) >= 11 is 6.05. The lowest BCUT2D eigenvalue weighted by Crippen LogP contribution is -2.54. The van der Waals surface area contributed by atoms with Gasteiger partial charge >= 0.3 is 6.03 Å². The Morgan fingerprint density at radius 1 is 0.951 bits per heavy atom. The van der Waals surface area contributed by atoms with Gasteiger partial charge in [0.05, 0.1) is 29.6 Å². The number of halogens is 1. The highest BCUT2D eigenvalue weighted by Crippen LogP contribution is 2.34. The second kappa shape index (κ2) is 13.5. The molecule has 0 aliphatic carbocycles. The zero-order chi connectivity index (χ0) is 29.4. The molecular weight excluding hydrogens is 550 g/mol. The number of hydrogen-bond donors (Lipinski definition) is 2. The van der Waals surface area contributed by atoms with Gasteiger partial charge in [-0.25, -0.2) is 9.69 Å². The molecule has 212 valence electrons. The fourth-order valence-corrected chi connectivity index (χ4v) is 4.04. The van der Waals surface area contributed by atoms with E-state index in [9.17, 15) is 19.2 Å². The minimum absolute atomic E-state index is 0.219. The van der Waals surface area contributed by atoms with Gasteiger partial charge in [-0.3, -0.25) is 19.7 Å². The quantitative estimate of drug-likeness (QED) is 0.237. The van der Waals surface area contributed by atoms with Crippen LogP contribution in [0.25, 0.3) is 6.08 Å². The molecule has 0 unspecified atom stereocenters. The van der Waals surface area contributed by atoms with Gasteiger partial charge in [-0.2, -0.15) is 0 Å². The molecule has 2 N–H and O–H groups in total. The van der Waals surface area contributed by atoms with E-state index < -0.39 is 23.8 Å². The summed E-state index contributed by atoms with van der Waals surface area (Å²) < 4.78 is 16.9. The van der Waals surface area contributed by atoms with Crippen molar-refractivity contribution in [2.45, 2.75) is 20.3 Å². The molecule has 3 aromatic carbocycles. The van der Waals surface area contributed by atoms with Crippen LogP contribution in [0.15, 0.2) is 72.3 Å². The van der Waals surface area contributed by atoms with Crippen molar-refractivity contribution in [2.75, 3.05) is 30.0 Å². The number of rotatable bonds is 11. The monoisotopic (exact) mass is 577 g/mol. The van der Waals surface area contributed by atoms with Crippen LogP contribution < -0.4 is 29.7 Å². The number of imide groups is 2. The highest BCUT2D eigenvalue weighted by atomic mass is 35.5. The summed E-state index contributed by atoms with van der Waals surface area (Å²) in [6.07, 6.45) is 2.16. The molecule has 1 heterocycles. The third-order valence-corrected chi connectivity index (χ3v) is 6.09. The van der Waals surface area contributed by atoms with Gasteiger partial charge in [0.15, 0.2) is 18.1 Å². The van der Waals surface area contributed by atoms with Gasteiger partial charge in [0.25, 0.3) is 17.7 Å².